The summed E-state index contributed by atoms with van der Waals surface area (Å²) in [6, 6.07) is 8.20. The standard InChI is InChI=1S/C14H16N4S/c1-9-7-12(19-11(9)3)8-15-14-16-13-6-4-5-10(2)18(13)17-14/h4-7H,8H2,1-3H3,(H,15,17). The van der Waals surface area contributed by atoms with E-state index in [0.717, 1.165) is 17.9 Å². The maximum Gasteiger partial charge on any atom is 0.243 e. The van der Waals surface area contributed by atoms with E-state index in [2.05, 4.69) is 35.3 Å². The van der Waals surface area contributed by atoms with Crippen LogP contribution in [0.2, 0.25) is 0 Å². The molecular formula is C14H16N4S. The van der Waals surface area contributed by atoms with Crippen LogP contribution in [-0.2, 0) is 6.54 Å². The topological polar surface area (TPSA) is 42.2 Å². The van der Waals surface area contributed by atoms with E-state index in [1.165, 1.54) is 15.3 Å². The third-order valence-electron chi connectivity index (χ3n) is 3.19. The van der Waals surface area contributed by atoms with Crippen LogP contribution in [-0.4, -0.2) is 14.6 Å². The van der Waals surface area contributed by atoms with Gasteiger partial charge in [0.25, 0.3) is 0 Å². The van der Waals surface area contributed by atoms with Gasteiger partial charge in [-0.3, -0.25) is 0 Å². The number of hydrogen-bond acceptors (Lipinski definition) is 4. The lowest BCUT2D eigenvalue weighted by Crippen LogP contribution is -2.00. The highest BCUT2D eigenvalue weighted by Crippen LogP contribution is 2.21. The van der Waals surface area contributed by atoms with Crippen molar-refractivity contribution in [2.45, 2.75) is 27.3 Å². The molecule has 0 aliphatic rings. The van der Waals surface area contributed by atoms with E-state index in [-0.39, 0.29) is 0 Å². The molecule has 3 heterocycles. The van der Waals surface area contributed by atoms with Gasteiger partial charge in [0.05, 0.1) is 6.54 Å². The van der Waals surface area contributed by atoms with Crippen molar-refractivity contribution in [3.63, 3.8) is 0 Å². The number of hydrogen-bond donors (Lipinski definition) is 1. The molecule has 3 rings (SSSR count). The van der Waals surface area contributed by atoms with Crippen molar-refractivity contribution in [3.05, 3.63) is 45.3 Å². The van der Waals surface area contributed by atoms with E-state index in [1.54, 1.807) is 0 Å². The predicted octanol–water partition coefficient (Wildman–Crippen LogP) is 3.33. The van der Waals surface area contributed by atoms with Gasteiger partial charge in [-0.2, -0.15) is 4.98 Å². The average molecular weight is 272 g/mol. The van der Waals surface area contributed by atoms with Gasteiger partial charge in [-0.05, 0) is 44.5 Å². The number of anilines is 1. The number of thiophene rings is 1. The Morgan fingerprint density at radius 1 is 1.26 bits per heavy atom. The van der Waals surface area contributed by atoms with Gasteiger partial charge in [-0.1, -0.05) is 6.07 Å². The Morgan fingerprint density at radius 2 is 2.11 bits per heavy atom. The number of fused-ring (bicyclic) bond motifs is 1. The zero-order valence-corrected chi connectivity index (χ0v) is 12.1. The summed E-state index contributed by atoms with van der Waals surface area (Å²) in [7, 11) is 0. The van der Waals surface area contributed by atoms with Crippen LogP contribution in [0.3, 0.4) is 0 Å². The van der Waals surface area contributed by atoms with Gasteiger partial charge in [-0.25, -0.2) is 4.52 Å². The van der Waals surface area contributed by atoms with E-state index in [4.69, 9.17) is 0 Å². The number of pyridine rings is 1. The van der Waals surface area contributed by atoms with Crippen molar-refractivity contribution in [1.29, 1.82) is 0 Å². The fraction of sp³-hybridized carbons (Fsp3) is 0.286. The number of nitrogens with zero attached hydrogens (tertiary/aromatic N) is 3. The Bertz CT molecular complexity index is 707. The number of aromatic nitrogens is 3. The van der Waals surface area contributed by atoms with Crippen molar-refractivity contribution in [1.82, 2.24) is 14.6 Å². The van der Waals surface area contributed by atoms with Crippen molar-refractivity contribution >= 4 is 22.9 Å². The third-order valence-corrected chi connectivity index (χ3v) is 4.34. The monoisotopic (exact) mass is 272 g/mol. The largest absolute Gasteiger partial charge is 0.348 e. The first-order chi connectivity index (χ1) is 9.13. The molecule has 0 bridgehead atoms. The second kappa shape index (κ2) is 4.66. The van der Waals surface area contributed by atoms with Crippen molar-refractivity contribution < 1.29 is 0 Å². The lowest BCUT2D eigenvalue weighted by molar-refractivity contribution is 0.910. The van der Waals surface area contributed by atoms with Crippen LogP contribution in [0.5, 0.6) is 0 Å². The van der Waals surface area contributed by atoms with Crippen LogP contribution in [0.4, 0.5) is 5.95 Å². The van der Waals surface area contributed by atoms with Gasteiger partial charge < -0.3 is 5.32 Å². The molecule has 0 aliphatic carbocycles. The minimum absolute atomic E-state index is 0.679. The quantitative estimate of drug-likeness (QED) is 0.795. The van der Waals surface area contributed by atoms with E-state index >= 15 is 0 Å². The normalized spacial score (nSPS) is 11.1. The molecule has 98 valence electrons. The summed E-state index contributed by atoms with van der Waals surface area (Å²) in [5, 5.41) is 7.74. The highest BCUT2D eigenvalue weighted by atomic mass is 32.1. The minimum atomic E-state index is 0.679. The van der Waals surface area contributed by atoms with E-state index in [1.807, 2.05) is 41.0 Å². The van der Waals surface area contributed by atoms with Crippen LogP contribution in [0.15, 0.2) is 24.3 Å². The molecular weight excluding hydrogens is 256 g/mol. The van der Waals surface area contributed by atoms with Gasteiger partial charge in [0.1, 0.15) is 0 Å². The van der Waals surface area contributed by atoms with Crippen molar-refractivity contribution in [2.75, 3.05) is 5.32 Å². The molecule has 0 saturated carbocycles. The molecule has 5 heteroatoms. The zero-order chi connectivity index (χ0) is 13.4. The molecule has 1 N–H and O–H groups in total. The lowest BCUT2D eigenvalue weighted by Gasteiger charge is -1.97. The molecule has 0 aliphatic heterocycles. The predicted molar refractivity (Wildman–Crippen MR) is 78.8 cm³/mol. The number of aryl methyl sites for hydroxylation is 3. The third kappa shape index (κ3) is 2.33. The summed E-state index contributed by atoms with van der Waals surface area (Å²) in [5.74, 6) is 0.679. The zero-order valence-electron chi connectivity index (χ0n) is 11.3. The first-order valence-electron chi connectivity index (χ1n) is 6.25. The molecule has 4 nitrogen and oxygen atoms in total. The van der Waals surface area contributed by atoms with Crippen molar-refractivity contribution in [3.8, 4) is 0 Å². The van der Waals surface area contributed by atoms with Gasteiger partial charge in [0.15, 0.2) is 5.65 Å². The summed E-state index contributed by atoms with van der Waals surface area (Å²) in [6.45, 7) is 7.09. The highest BCUT2D eigenvalue weighted by Gasteiger charge is 2.06. The second-order valence-corrected chi connectivity index (χ2v) is 6.02. The van der Waals surface area contributed by atoms with Crippen LogP contribution in [0.25, 0.3) is 5.65 Å². The van der Waals surface area contributed by atoms with E-state index in [0.29, 0.717) is 5.95 Å². The van der Waals surface area contributed by atoms with Crippen LogP contribution in [0.1, 0.15) is 21.0 Å². The Balaban J connectivity index is 1.80. The Labute approximate surface area is 116 Å². The minimum Gasteiger partial charge on any atom is -0.348 e. The maximum absolute atomic E-state index is 4.46. The van der Waals surface area contributed by atoms with Gasteiger partial charge in [0.2, 0.25) is 5.95 Å². The molecule has 0 saturated heterocycles. The molecule has 0 unspecified atom stereocenters. The lowest BCUT2D eigenvalue weighted by atomic mass is 10.3. The van der Waals surface area contributed by atoms with Crippen LogP contribution < -0.4 is 5.32 Å². The fourth-order valence-electron chi connectivity index (χ4n) is 2.01. The molecule has 0 fully saturated rings. The summed E-state index contributed by atoms with van der Waals surface area (Å²) in [4.78, 5) is 7.14. The highest BCUT2D eigenvalue weighted by molar-refractivity contribution is 7.12. The van der Waals surface area contributed by atoms with Gasteiger partial charge in [0, 0.05) is 15.4 Å². The summed E-state index contributed by atoms with van der Waals surface area (Å²) in [5.41, 5.74) is 3.31. The first kappa shape index (κ1) is 12.2. The number of rotatable bonds is 3. The Kier molecular flexibility index (Phi) is 2.98. The summed E-state index contributed by atoms with van der Waals surface area (Å²) >= 11 is 1.82. The Morgan fingerprint density at radius 3 is 2.79 bits per heavy atom. The molecule has 0 amide bonds. The summed E-state index contributed by atoms with van der Waals surface area (Å²) in [6.07, 6.45) is 0. The van der Waals surface area contributed by atoms with Gasteiger partial charge in [-0.15, -0.1) is 16.4 Å². The molecule has 3 aromatic heterocycles. The number of nitrogens with one attached hydrogen (secondary N) is 1. The van der Waals surface area contributed by atoms with E-state index in [9.17, 15) is 0 Å². The van der Waals surface area contributed by atoms with Crippen LogP contribution in [0, 0.1) is 20.8 Å². The molecule has 0 radical (unpaired) electrons. The molecule has 0 aromatic carbocycles. The maximum atomic E-state index is 4.46. The molecule has 3 aromatic rings. The summed E-state index contributed by atoms with van der Waals surface area (Å²) < 4.78 is 1.85. The van der Waals surface area contributed by atoms with E-state index < -0.39 is 0 Å². The molecule has 0 spiro atoms. The molecule has 19 heavy (non-hydrogen) atoms. The van der Waals surface area contributed by atoms with Crippen molar-refractivity contribution in [2.24, 2.45) is 0 Å². The molecule has 0 atom stereocenters. The second-order valence-electron chi connectivity index (χ2n) is 4.68. The smallest absolute Gasteiger partial charge is 0.243 e. The SMILES string of the molecule is Cc1cc(CNc2nc3cccc(C)n3n2)sc1C. The first-order valence-corrected chi connectivity index (χ1v) is 7.07. The Hall–Kier alpha value is -1.88. The van der Waals surface area contributed by atoms with Crippen LogP contribution >= 0.6 is 11.3 Å². The fourth-order valence-corrected chi connectivity index (χ4v) is 3.01. The average Bonchev–Trinajstić information content (AvgIpc) is 2.92. The van der Waals surface area contributed by atoms with Gasteiger partial charge >= 0.3 is 0 Å².